The highest BCUT2D eigenvalue weighted by atomic mass is 16.6. The first-order valence-corrected chi connectivity index (χ1v) is 7.83. The van der Waals surface area contributed by atoms with E-state index >= 15 is 0 Å². The predicted molar refractivity (Wildman–Crippen MR) is 95.0 cm³/mol. The maximum Gasteiger partial charge on any atom is 0.275 e. The minimum atomic E-state index is -0.257. The monoisotopic (exact) mass is 321 g/mol. The van der Waals surface area contributed by atoms with E-state index in [9.17, 15) is 4.79 Å². The van der Waals surface area contributed by atoms with Crippen LogP contribution in [0.1, 0.15) is 17.3 Å². The lowest BCUT2D eigenvalue weighted by Crippen LogP contribution is -2.21. The summed E-state index contributed by atoms with van der Waals surface area (Å²) in [6, 6.07) is 19.6. The molecule has 3 aromatic rings. The first-order chi connectivity index (χ1) is 11.7. The highest BCUT2D eigenvalue weighted by Gasteiger charge is 2.12. The maximum atomic E-state index is 12.2. The Kier molecular flexibility index (Phi) is 4.77. The number of benzene rings is 3. The molecule has 0 heterocycles. The third kappa shape index (κ3) is 3.09. The number of ether oxygens (including phenoxy) is 1. The molecule has 0 aliphatic carbocycles. The molecule has 24 heavy (non-hydrogen) atoms. The van der Waals surface area contributed by atoms with Crippen molar-refractivity contribution >= 4 is 16.7 Å². The van der Waals surface area contributed by atoms with Gasteiger partial charge in [-0.05, 0) is 47.0 Å². The standard InChI is InChI=1S/C20H19NO3/c1-3-24-15-12-10-14(11-13-15)16-6-4-8-18-17(16)7-5-9-19(18)20(22)21-23-2/h4-13H,3H2,1-2H3,(H,21,22). The van der Waals surface area contributed by atoms with Crippen LogP contribution in [-0.2, 0) is 4.84 Å². The van der Waals surface area contributed by atoms with Crippen LogP contribution in [0.15, 0.2) is 60.7 Å². The Balaban J connectivity index is 2.09. The molecule has 0 aromatic heterocycles. The molecule has 3 aromatic carbocycles. The average Bonchev–Trinajstić information content (AvgIpc) is 2.62. The molecule has 4 nitrogen and oxygen atoms in total. The predicted octanol–water partition coefficient (Wildman–Crippen LogP) is 4.20. The van der Waals surface area contributed by atoms with Crippen molar-refractivity contribution in [2.75, 3.05) is 13.7 Å². The van der Waals surface area contributed by atoms with E-state index in [2.05, 4.69) is 11.5 Å². The summed E-state index contributed by atoms with van der Waals surface area (Å²) in [5, 5.41) is 1.91. The van der Waals surface area contributed by atoms with Crippen molar-refractivity contribution in [2.24, 2.45) is 0 Å². The lowest BCUT2D eigenvalue weighted by molar-refractivity contribution is 0.0539. The zero-order valence-electron chi connectivity index (χ0n) is 13.7. The third-order valence-electron chi connectivity index (χ3n) is 3.84. The molecular formula is C20H19NO3. The number of rotatable bonds is 5. The molecule has 0 radical (unpaired) electrons. The molecule has 0 saturated heterocycles. The van der Waals surface area contributed by atoms with Crippen molar-refractivity contribution in [1.29, 1.82) is 0 Å². The van der Waals surface area contributed by atoms with Crippen LogP contribution in [0.2, 0.25) is 0 Å². The summed E-state index contributed by atoms with van der Waals surface area (Å²) in [5.74, 6) is 0.591. The van der Waals surface area contributed by atoms with Gasteiger partial charge in [0.1, 0.15) is 5.75 Å². The van der Waals surface area contributed by atoms with Crippen LogP contribution in [-0.4, -0.2) is 19.6 Å². The van der Waals surface area contributed by atoms with Crippen LogP contribution in [0.5, 0.6) is 5.75 Å². The van der Waals surface area contributed by atoms with Gasteiger partial charge < -0.3 is 4.74 Å². The quantitative estimate of drug-likeness (QED) is 0.717. The molecule has 1 amide bonds. The maximum absolute atomic E-state index is 12.2. The number of amides is 1. The molecule has 0 aliphatic rings. The van der Waals surface area contributed by atoms with E-state index in [1.807, 2.05) is 55.5 Å². The number of fused-ring (bicyclic) bond motifs is 1. The first-order valence-electron chi connectivity index (χ1n) is 7.83. The van der Waals surface area contributed by atoms with Gasteiger partial charge in [-0.25, -0.2) is 5.48 Å². The van der Waals surface area contributed by atoms with Crippen molar-refractivity contribution in [1.82, 2.24) is 5.48 Å². The van der Waals surface area contributed by atoms with Gasteiger partial charge in [-0.2, -0.15) is 0 Å². The molecule has 1 N–H and O–H groups in total. The molecule has 4 heteroatoms. The summed E-state index contributed by atoms with van der Waals surface area (Å²) < 4.78 is 5.49. The van der Waals surface area contributed by atoms with Crippen molar-refractivity contribution in [3.8, 4) is 16.9 Å². The van der Waals surface area contributed by atoms with Crippen LogP contribution in [0.3, 0.4) is 0 Å². The fourth-order valence-electron chi connectivity index (χ4n) is 2.80. The molecule has 0 spiro atoms. The van der Waals surface area contributed by atoms with Gasteiger partial charge >= 0.3 is 0 Å². The van der Waals surface area contributed by atoms with Crippen LogP contribution in [0, 0.1) is 0 Å². The number of carbonyl (C=O) groups excluding carboxylic acids is 1. The van der Waals surface area contributed by atoms with Gasteiger partial charge in [0, 0.05) is 5.56 Å². The van der Waals surface area contributed by atoms with Crippen molar-refractivity contribution in [3.05, 3.63) is 66.2 Å². The van der Waals surface area contributed by atoms with Crippen molar-refractivity contribution < 1.29 is 14.4 Å². The van der Waals surface area contributed by atoms with Gasteiger partial charge in [0.15, 0.2) is 0 Å². The second-order valence-corrected chi connectivity index (χ2v) is 5.30. The minimum Gasteiger partial charge on any atom is -0.494 e. The second-order valence-electron chi connectivity index (χ2n) is 5.30. The first kappa shape index (κ1) is 16.0. The van der Waals surface area contributed by atoms with E-state index in [0.717, 1.165) is 27.6 Å². The Bertz CT molecular complexity index is 856. The van der Waals surface area contributed by atoms with Gasteiger partial charge in [0.05, 0.1) is 13.7 Å². The summed E-state index contributed by atoms with van der Waals surface area (Å²) >= 11 is 0. The van der Waals surface area contributed by atoms with Crippen LogP contribution in [0.25, 0.3) is 21.9 Å². The summed E-state index contributed by atoms with van der Waals surface area (Å²) in [7, 11) is 1.42. The van der Waals surface area contributed by atoms with E-state index in [1.165, 1.54) is 7.11 Å². The van der Waals surface area contributed by atoms with Gasteiger partial charge in [0.25, 0.3) is 5.91 Å². The van der Waals surface area contributed by atoms with E-state index in [4.69, 9.17) is 9.57 Å². The molecular weight excluding hydrogens is 302 g/mol. The summed E-state index contributed by atoms with van der Waals surface area (Å²) in [6.45, 7) is 2.61. The molecule has 0 unspecified atom stereocenters. The largest absolute Gasteiger partial charge is 0.494 e. The second kappa shape index (κ2) is 7.15. The zero-order chi connectivity index (χ0) is 16.9. The summed E-state index contributed by atoms with van der Waals surface area (Å²) in [5.41, 5.74) is 5.11. The molecule has 122 valence electrons. The highest BCUT2D eigenvalue weighted by Crippen LogP contribution is 2.31. The normalized spacial score (nSPS) is 10.6. The molecule has 0 atom stereocenters. The molecule has 0 bridgehead atoms. The van der Waals surface area contributed by atoms with E-state index in [-0.39, 0.29) is 5.91 Å². The lowest BCUT2D eigenvalue weighted by Gasteiger charge is -2.11. The number of hydrogen-bond acceptors (Lipinski definition) is 3. The SMILES string of the molecule is CCOc1ccc(-c2cccc3c(C(=O)NOC)cccc23)cc1. The Labute approximate surface area is 141 Å². The number of carbonyl (C=O) groups is 1. The van der Waals surface area contributed by atoms with Crippen molar-refractivity contribution in [2.45, 2.75) is 6.92 Å². The van der Waals surface area contributed by atoms with Gasteiger partial charge in [-0.15, -0.1) is 0 Å². The number of nitrogens with one attached hydrogen (secondary N) is 1. The number of hydrogen-bond donors (Lipinski definition) is 1. The Morgan fingerprint density at radius 1 is 0.958 bits per heavy atom. The molecule has 0 saturated carbocycles. The Morgan fingerprint density at radius 3 is 2.38 bits per heavy atom. The Hall–Kier alpha value is -2.85. The molecule has 0 fully saturated rings. The highest BCUT2D eigenvalue weighted by molar-refractivity contribution is 6.10. The molecule has 0 aliphatic heterocycles. The van der Waals surface area contributed by atoms with Gasteiger partial charge in [-0.3, -0.25) is 9.63 Å². The summed E-state index contributed by atoms with van der Waals surface area (Å²) in [4.78, 5) is 16.9. The topological polar surface area (TPSA) is 47.6 Å². The van der Waals surface area contributed by atoms with E-state index in [0.29, 0.717) is 12.2 Å². The third-order valence-corrected chi connectivity index (χ3v) is 3.84. The van der Waals surface area contributed by atoms with Crippen LogP contribution in [0.4, 0.5) is 0 Å². The van der Waals surface area contributed by atoms with E-state index in [1.54, 1.807) is 6.07 Å². The van der Waals surface area contributed by atoms with Gasteiger partial charge in [-0.1, -0.05) is 42.5 Å². The van der Waals surface area contributed by atoms with Crippen LogP contribution >= 0.6 is 0 Å². The molecule has 3 rings (SSSR count). The fraction of sp³-hybridized carbons (Fsp3) is 0.150. The average molecular weight is 321 g/mol. The van der Waals surface area contributed by atoms with Gasteiger partial charge in [0.2, 0.25) is 0 Å². The van der Waals surface area contributed by atoms with Crippen LogP contribution < -0.4 is 10.2 Å². The summed E-state index contributed by atoms with van der Waals surface area (Å²) in [6.07, 6.45) is 0. The van der Waals surface area contributed by atoms with Crippen molar-refractivity contribution in [3.63, 3.8) is 0 Å². The van der Waals surface area contributed by atoms with E-state index < -0.39 is 0 Å². The zero-order valence-corrected chi connectivity index (χ0v) is 13.7. The lowest BCUT2D eigenvalue weighted by atomic mass is 9.95. The Morgan fingerprint density at radius 2 is 1.67 bits per heavy atom. The fourth-order valence-corrected chi connectivity index (χ4v) is 2.80. The smallest absolute Gasteiger partial charge is 0.275 e. The minimum absolute atomic E-state index is 0.257. The number of hydroxylamine groups is 1.